The Labute approximate surface area is 180 Å². The molecule has 0 saturated carbocycles. The first-order valence-corrected chi connectivity index (χ1v) is 10.3. The van der Waals surface area contributed by atoms with E-state index in [1.807, 2.05) is 24.3 Å². The van der Waals surface area contributed by atoms with E-state index >= 15 is 0 Å². The summed E-state index contributed by atoms with van der Waals surface area (Å²) in [5.74, 6) is 2.17. The molecule has 1 atom stereocenters. The van der Waals surface area contributed by atoms with Crippen molar-refractivity contribution < 1.29 is 18.9 Å². The molecule has 0 bridgehead atoms. The topological polar surface area (TPSA) is 52.2 Å². The van der Waals surface area contributed by atoms with Gasteiger partial charge in [0.2, 0.25) is 6.79 Å². The predicted octanol–water partition coefficient (Wildman–Crippen LogP) is 4.46. The average Bonchev–Trinajstić information content (AvgIpc) is 3.40. The minimum Gasteiger partial charge on any atom is -0.495 e. The van der Waals surface area contributed by atoms with E-state index in [0.29, 0.717) is 29.0 Å². The quantitative estimate of drug-likeness (QED) is 0.674. The van der Waals surface area contributed by atoms with Crippen molar-refractivity contribution in [3.63, 3.8) is 0 Å². The van der Waals surface area contributed by atoms with Crippen LogP contribution in [0.25, 0.3) is 0 Å². The number of ether oxygens (including phenoxy) is 4. The summed E-state index contributed by atoms with van der Waals surface area (Å²) in [6.45, 7) is 2.39. The number of methoxy groups -OCH3 is 1. The zero-order valence-corrected chi connectivity index (χ0v) is 17.7. The molecule has 29 heavy (non-hydrogen) atoms. The van der Waals surface area contributed by atoms with Crippen molar-refractivity contribution >= 4 is 34.6 Å². The Morgan fingerprint density at radius 1 is 1.24 bits per heavy atom. The fourth-order valence-electron chi connectivity index (χ4n) is 3.48. The van der Waals surface area contributed by atoms with Crippen molar-refractivity contribution in [2.45, 2.75) is 25.5 Å². The molecule has 2 heterocycles. The molecule has 1 unspecified atom stereocenters. The lowest BCUT2D eigenvalue weighted by atomic mass is 10.1. The summed E-state index contributed by atoms with van der Waals surface area (Å²) in [5, 5.41) is 4.50. The third kappa shape index (κ3) is 4.86. The summed E-state index contributed by atoms with van der Waals surface area (Å²) < 4.78 is 22.2. The highest BCUT2D eigenvalue weighted by molar-refractivity contribution is 7.80. The van der Waals surface area contributed by atoms with Crippen LogP contribution in [0.1, 0.15) is 18.4 Å². The van der Waals surface area contributed by atoms with Crippen molar-refractivity contribution in [3.8, 4) is 17.2 Å². The normalized spacial score (nSPS) is 17.2. The molecule has 4 rings (SSSR count). The summed E-state index contributed by atoms with van der Waals surface area (Å²) in [6.07, 6.45) is 2.27. The molecule has 6 nitrogen and oxygen atoms in total. The molecule has 2 aromatic rings. The third-order valence-corrected chi connectivity index (χ3v) is 5.55. The van der Waals surface area contributed by atoms with Gasteiger partial charge in [-0.15, -0.1) is 0 Å². The van der Waals surface area contributed by atoms with Gasteiger partial charge in [0, 0.05) is 30.8 Å². The summed E-state index contributed by atoms with van der Waals surface area (Å²) in [7, 11) is 1.61. The maximum Gasteiger partial charge on any atom is 0.231 e. The lowest BCUT2D eigenvalue weighted by Crippen LogP contribution is -2.39. The fourth-order valence-corrected chi connectivity index (χ4v) is 3.89. The Morgan fingerprint density at radius 3 is 2.90 bits per heavy atom. The van der Waals surface area contributed by atoms with Crippen molar-refractivity contribution in [1.29, 1.82) is 0 Å². The second-order valence-electron chi connectivity index (χ2n) is 6.98. The molecule has 2 aliphatic heterocycles. The minimum atomic E-state index is 0.163. The van der Waals surface area contributed by atoms with Crippen LogP contribution in [0.5, 0.6) is 17.2 Å². The standard InChI is InChI=1S/C21H23ClN2O4S/c1-25-19-10-15(22)5-6-17(19)23-21(29)24(12-16-3-2-8-26-16)11-14-4-7-18-20(9-14)28-13-27-18/h4-7,9-10,16H,2-3,8,11-13H2,1H3,(H,23,29). The largest absolute Gasteiger partial charge is 0.495 e. The maximum atomic E-state index is 6.07. The van der Waals surface area contributed by atoms with E-state index in [-0.39, 0.29) is 12.9 Å². The SMILES string of the molecule is COc1cc(Cl)ccc1NC(=S)N(Cc1ccc2c(c1)OCO2)CC1CCCO1. The molecule has 8 heteroatoms. The Hall–Kier alpha value is -2.22. The van der Waals surface area contributed by atoms with E-state index < -0.39 is 0 Å². The van der Waals surface area contributed by atoms with Crippen LogP contribution in [0, 0.1) is 0 Å². The van der Waals surface area contributed by atoms with Gasteiger partial charge >= 0.3 is 0 Å². The molecule has 154 valence electrons. The Bertz CT molecular complexity index is 889. The Balaban J connectivity index is 1.52. The molecule has 2 aromatic carbocycles. The molecule has 0 aromatic heterocycles. The lowest BCUT2D eigenvalue weighted by molar-refractivity contribution is 0.0905. The summed E-state index contributed by atoms with van der Waals surface area (Å²) >= 11 is 11.8. The molecule has 1 fully saturated rings. The number of hydrogen-bond donors (Lipinski definition) is 1. The molecule has 1 saturated heterocycles. The zero-order valence-electron chi connectivity index (χ0n) is 16.2. The molecule has 2 aliphatic rings. The number of hydrogen-bond acceptors (Lipinski definition) is 5. The van der Waals surface area contributed by atoms with Crippen molar-refractivity contribution in [1.82, 2.24) is 4.90 Å². The molecule has 0 radical (unpaired) electrons. The summed E-state index contributed by atoms with van der Waals surface area (Å²) in [4.78, 5) is 2.11. The van der Waals surface area contributed by atoms with Crippen LogP contribution in [0.15, 0.2) is 36.4 Å². The van der Waals surface area contributed by atoms with Crippen LogP contribution in [0.2, 0.25) is 5.02 Å². The van der Waals surface area contributed by atoms with Crippen LogP contribution >= 0.6 is 23.8 Å². The van der Waals surface area contributed by atoms with Gasteiger partial charge in [0.25, 0.3) is 0 Å². The second kappa shape index (κ2) is 9.07. The number of fused-ring (bicyclic) bond motifs is 1. The van der Waals surface area contributed by atoms with Gasteiger partial charge in [-0.1, -0.05) is 17.7 Å². The molecular formula is C21H23ClN2O4S. The van der Waals surface area contributed by atoms with Crippen LogP contribution in [0.4, 0.5) is 5.69 Å². The van der Waals surface area contributed by atoms with Crippen molar-refractivity contribution in [2.75, 3.05) is 32.4 Å². The predicted molar refractivity (Wildman–Crippen MR) is 116 cm³/mol. The van der Waals surface area contributed by atoms with Gasteiger partial charge in [-0.2, -0.15) is 0 Å². The maximum absolute atomic E-state index is 6.07. The smallest absolute Gasteiger partial charge is 0.231 e. The lowest BCUT2D eigenvalue weighted by Gasteiger charge is -2.29. The van der Waals surface area contributed by atoms with Crippen LogP contribution in [-0.4, -0.2) is 43.2 Å². The summed E-state index contributed by atoms with van der Waals surface area (Å²) in [5.41, 5.74) is 1.85. The highest BCUT2D eigenvalue weighted by Crippen LogP contribution is 2.33. The second-order valence-corrected chi connectivity index (χ2v) is 7.80. The molecule has 0 spiro atoms. The van der Waals surface area contributed by atoms with E-state index in [4.69, 9.17) is 42.8 Å². The fraction of sp³-hybridized carbons (Fsp3) is 0.381. The molecule has 0 aliphatic carbocycles. The van der Waals surface area contributed by atoms with Crippen molar-refractivity contribution in [3.05, 3.63) is 47.0 Å². The molecule has 1 N–H and O–H groups in total. The van der Waals surface area contributed by atoms with Crippen LogP contribution in [0.3, 0.4) is 0 Å². The average molecular weight is 435 g/mol. The van der Waals surface area contributed by atoms with Crippen LogP contribution in [-0.2, 0) is 11.3 Å². The van der Waals surface area contributed by atoms with Gasteiger partial charge in [-0.3, -0.25) is 0 Å². The Morgan fingerprint density at radius 2 is 2.10 bits per heavy atom. The summed E-state index contributed by atoms with van der Waals surface area (Å²) in [6, 6.07) is 11.4. The van der Waals surface area contributed by atoms with Gasteiger partial charge in [0.15, 0.2) is 16.6 Å². The monoisotopic (exact) mass is 434 g/mol. The Kier molecular flexibility index (Phi) is 6.28. The van der Waals surface area contributed by atoms with E-state index in [2.05, 4.69) is 10.2 Å². The number of benzene rings is 2. The minimum absolute atomic E-state index is 0.163. The first-order chi connectivity index (χ1) is 14.1. The van der Waals surface area contributed by atoms with Gasteiger partial charge < -0.3 is 29.2 Å². The van der Waals surface area contributed by atoms with E-state index in [9.17, 15) is 0 Å². The van der Waals surface area contributed by atoms with E-state index in [1.165, 1.54) is 0 Å². The third-order valence-electron chi connectivity index (χ3n) is 4.95. The van der Waals surface area contributed by atoms with E-state index in [1.54, 1.807) is 19.2 Å². The first kappa shape index (κ1) is 20.1. The molecular weight excluding hydrogens is 412 g/mol. The molecule has 0 amide bonds. The van der Waals surface area contributed by atoms with Gasteiger partial charge in [0.1, 0.15) is 5.75 Å². The number of halogens is 1. The highest BCUT2D eigenvalue weighted by Gasteiger charge is 2.23. The number of thiocarbonyl (C=S) groups is 1. The van der Waals surface area contributed by atoms with Gasteiger partial charge in [0.05, 0.1) is 18.9 Å². The zero-order chi connectivity index (χ0) is 20.2. The van der Waals surface area contributed by atoms with Gasteiger partial charge in [-0.05, 0) is 54.9 Å². The van der Waals surface area contributed by atoms with E-state index in [0.717, 1.165) is 42.2 Å². The number of nitrogens with zero attached hydrogens (tertiary/aromatic N) is 1. The van der Waals surface area contributed by atoms with Gasteiger partial charge in [-0.25, -0.2) is 0 Å². The van der Waals surface area contributed by atoms with Crippen LogP contribution < -0.4 is 19.5 Å². The first-order valence-electron chi connectivity index (χ1n) is 9.52. The number of anilines is 1. The van der Waals surface area contributed by atoms with Crippen molar-refractivity contribution in [2.24, 2.45) is 0 Å². The number of rotatable bonds is 6. The highest BCUT2D eigenvalue weighted by atomic mass is 35.5. The number of nitrogens with one attached hydrogen (secondary N) is 1.